The van der Waals surface area contributed by atoms with Gasteiger partial charge in [0.2, 0.25) is 0 Å². The first-order chi connectivity index (χ1) is 6.57. The number of aryl methyl sites for hydroxylation is 1. The van der Waals surface area contributed by atoms with Crippen LogP contribution in [0.2, 0.25) is 0 Å². The second-order valence-corrected chi connectivity index (χ2v) is 3.39. The van der Waals surface area contributed by atoms with Gasteiger partial charge in [-0.3, -0.25) is 0 Å². The molecular weight excluding hydrogens is 192 g/mol. The highest BCUT2D eigenvalue weighted by Gasteiger charge is 2.26. The summed E-state index contributed by atoms with van der Waals surface area (Å²) in [5.41, 5.74) is 0.297. The molecular formula is C9H9BF3O-. The Hall–Kier alpha value is -1.13. The third-order valence-electron chi connectivity index (χ3n) is 2.32. The van der Waals surface area contributed by atoms with Gasteiger partial charge in [-0.2, -0.15) is 0 Å². The quantitative estimate of drug-likeness (QED) is 0.632. The molecule has 1 aromatic rings. The van der Waals surface area contributed by atoms with Crippen LogP contribution in [0.15, 0.2) is 18.2 Å². The lowest BCUT2D eigenvalue weighted by Crippen LogP contribution is -2.34. The van der Waals surface area contributed by atoms with E-state index in [1.165, 1.54) is 6.07 Å². The Balaban J connectivity index is 2.39. The predicted octanol–water partition coefficient (Wildman–Crippen LogP) is 2.07. The van der Waals surface area contributed by atoms with Crippen molar-refractivity contribution in [3.63, 3.8) is 0 Å². The molecule has 0 N–H and O–H groups in total. The smallest absolute Gasteiger partial charge is 0.493 e. The van der Waals surface area contributed by atoms with Crippen molar-refractivity contribution in [2.75, 3.05) is 6.61 Å². The minimum absolute atomic E-state index is 0.396. The average molecular weight is 201 g/mol. The summed E-state index contributed by atoms with van der Waals surface area (Å²) in [6.45, 7) is -4.39. The van der Waals surface area contributed by atoms with Crippen molar-refractivity contribution in [1.82, 2.24) is 0 Å². The summed E-state index contributed by atoms with van der Waals surface area (Å²) in [6.07, 6.45) is 1.68. The van der Waals surface area contributed by atoms with E-state index in [0.29, 0.717) is 12.4 Å². The monoisotopic (exact) mass is 201 g/mol. The molecule has 0 atom stereocenters. The molecule has 2 rings (SSSR count). The van der Waals surface area contributed by atoms with Gasteiger partial charge in [0, 0.05) is 0 Å². The van der Waals surface area contributed by atoms with E-state index in [9.17, 15) is 12.9 Å². The van der Waals surface area contributed by atoms with E-state index in [4.69, 9.17) is 4.74 Å². The Kier molecular flexibility index (Phi) is 2.17. The fourth-order valence-electron chi connectivity index (χ4n) is 1.56. The van der Waals surface area contributed by atoms with Gasteiger partial charge in [0.25, 0.3) is 0 Å². The molecule has 0 spiro atoms. The highest BCUT2D eigenvalue weighted by atomic mass is 19.4. The van der Waals surface area contributed by atoms with Crippen LogP contribution in [0.5, 0.6) is 5.75 Å². The van der Waals surface area contributed by atoms with Crippen LogP contribution in [-0.4, -0.2) is 13.6 Å². The first-order valence-corrected chi connectivity index (χ1v) is 4.53. The van der Waals surface area contributed by atoms with Crippen molar-refractivity contribution in [3.8, 4) is 5.75 Å². The zero-order valence-corrected chi connectivity index (χ0v) is 7.47. The summed E-state index contributed by atoms with van der Waals surface area (Å²) in [5, 5.41) is 0. The van der Waals surface area contributed by atoms with Gasteiger partial charge in [-0.15, -0.1) is 5.46 Å². The first kappa shape index (κ1) is 9.43. The fraction of sp³-hybridized carbons (Fsp3) is 0.333. The number of rotatable bonds is 1. The van der Waals surface area contributed by atoms with Crippen molar-refractivity contribution >= 4 is 12.4 Å². The molecule has 0 aliphatic carbocycles. The lowest BCUT2D eigenvalue weighted by molar-refractivity contribution is 0.288. The number of halogens is 3. The molecule has 76 valence electrons. The van der Waals surface area contributed by atoms with E-state index in [1.54, 1.807) is 0 Å². The molecule has 5 heteroatoms. The second kappa shape index (κ2) is 3.22. The molecule has 0 fully saturated rings. The number of fused-ring (bicyclic) bond motifs is 1. The van der Waals surface area contributed by atoms with E-state index >= 15 is 0 Å². The van der Waals surface area contributed by atoms with Crippen LogP contribution in [0.3, 0.4) is 0 Å². The largest absolute Gasteiger partial charge is 0.509 e. The highest BCUT2D eigenvalue weighted by Crippen LogP contribution is 2.24. The van der Waals surface area contributed by atoms with Crippen LogP contribution < -0.4 is 10.2 Å². The topological polar surface area (TPSA) is 9.23 Å². The minimum Gasteiger partial charge on any atom is -0.493 e. The zero-order valence-electron chi connectivity index (χ0n) is 7.47. The van der Waals surface area contributed by atoms with Crippen molar-refractivity contribution in [3.05, 3.63) is 23.8 Å². The lowest BCUT2D eigenvalue weighted by atomic mass is 9.79. The summed E-state index contributed by atoms with van der Waals surface area (Å²) >= 11 is 0. The maximum Gasteiger partial charge on any atom is 0.509 e. The Morgan fingerprint density at radius 1 is 1.21 bits per heavy atom. The summed E-state index contributed by atoms with van der Waals surface area (Å²) in [4.78, 5) is 0. The molecule has 1 heterocycles. The van der Waals surface area contributed by atoms with E-state index in [0.717, 1.165) is 30.5 Å². The second-order valence-electron chi connectivity index (χ2n) is 3.39. The van der Waals surface area contributed by atoms with E-state index in [1.807, 2.05) is 0 Å². The molecule has 1 nitrogen and oxygen atoms in total. The van der Waals surface area contributed by atoms with Crippen LogP contribution >= 0.6 is 0 Å². The van der Waals surface area contributed by atoms with Crippen molar-refractivity contribution in [1.29, 1.82) is 0 Å². The van der Waals surface area contributed by atoms with Gasteiger partial charge in [0.1, 0.15) is 5.75 Å². The van der Waals surface area contributed by atoms with Gasteiger partial charge < -0.3 is 17.7 Å². The Morgan fingerprint density at radius 3 is 2.71 bits per heavy atom. The average Bonchev–Trinajstić information content (AvgIpc) is 2.16. The minimum atomic E-state index is -4.91. The standard InChI is InChI=1S/C9H9BF3O/c11-10(12,13)8-4-3-7-2-1-5-14-9(7)6-8/h3-4,6H,1-2,5H2/q-1. The maximum absolute atomic E-state index is 12.4. The summed E-state index contributed by atoms with van der Waals surface area (Å²) < 4.78 is 42.3. The summed E-state index contributed by atoms with van der Waals surface area (Å²) in [5.74, 6) is 0.396. The molecule has 14 heavy (non-hydrogen) atoms. The van der Waals surface area contributed by atoms with Crippen molar-refractivity contribution in [2.45, 2.75) is 12.8 Å². The van der Waals surface area contributed by atoms with E-state index in [-0.39, 0.29) is 0 Å². The van der Waals surface area contributed by atoms with Gasteiger partial charge in [-0.1, -0.05) is 12.1 Å². The van der Waals surface area contributed by atoms with Crippen molar-refractivity contribution in [2.24, 2.45) is 0 Å². The summed E-state index contributed by atoms with van der Waals surface area (Å²) in [7, 11) is 0. The Morgan fingerprint density at radius 2 is 2.00 bits per heavy atom. The van der Waals surface area contributed by atoms with E-state index in [2.05, 4.69) is 0 Å². The molecule has 1 aromatic carbocycles. The Bertz CT molecular complexity index is 348. The first-order valence-electron chi connectivity index (χ1n) is 4.53. The van der Waals surface area contributed by atoms with Crippen LogP contribution in [0.1, 0.15) is 12.0 Å². The molecule has 1 aliphatic heterocycles. The molecule has 0 unspecified atom stereocenters. The predicted molar refractivity (Wildman–Crippen MR) is 49.0 cm³/mol. The van der Waals surface area contributed by atoms with Crippen molar-refractivity contribution < 1.29 is 17.7 Å². The molecule has 0 aromatic heterocycles. The third-order valence-corrected chi connectivity index (χ3v) is 2.32. The lowest BCUT2D eigenvalue weighted by Gasteiger charge is -2.21. The van der Waals surface area contributed by atoms with Crippen LogP contribution in [-0.2, 0) is 6.42 Å². The Labute approximate surface area is 79.9 Å². The molecule has 0 saturated heterocycles. The number of hydrogen-bond donors (Lipinski definition) is 0. The molecule has 1 aliphatic rings. The maximum atomic E-state index is 12.4. The molecule has 0 amide bonds. The van der Waals surface area contributed by atoms with Gasteiger partial charge in [0.05, 0.1) is 6.61 Å². The van der Waals surface area contributed by atoms with Gasteiger partial charge >= 0.3 is 6.98 Å². The SMILES string of the molecule is F[B-](F)(F)c1ccc2c(c1)OCCC2. The summed E-state index contributed by atoms with van der Waals surface area (Å²) in [6, 6.07) is 3.75. The van der Waals surface area contributed by atoms with Gasteiger partial charge in [0.15, 0.2) is 0 Å². The van der Waals surface area contributed by atoms with E-state index < -0.39 is 12.4 Å². The van der Waals surface area contributed by atoms with Gasteiger partial charge in [-0.25, -0.2) is 0 Å². The zero-order chi connectivity index (χ0) is 10.2. The molecule has 0 radical (unpaired) electrons. The fourth-order valence-corrected chi connectivity index (χ4v) is 1.56. The normalized spacial score (nSPS) is 15.9. The number of hydrogen-bond acceptors (Lipinski definition) is 1. The van der Waals surface area contributed by atoms with Gasteiger partial charge in [-0.05, 0) is 24.5 Å². The molecule has 0 bridgehead atoms. The molecule has 0 saturated carbocycles. The van der Waals surface area contributed by atoms with Crippen LogP contribution in [0.4, 0.5) is 12.9 Å². The van der Waals surface area contributed by atoms with Crippen LogP contribution in [0.25, 0.3) is 0 Å². The number of ether oxygens (including phenoxy) is 1. The number of benzene rings is 1. The highest BCUT2D eigenvalue weighted by molar-refractivity contribution is 6.73. The van der Waals surface area contributed by atoms with Crippen LogP contribution in [0, 0.1) is 0 Å². The third kappa shape index (κ3) is 1.71.